The first-order valence-electron chi connectivity index (χ1n) is 5.50. The Bertz CT molecular complexity index is 487. The van der Waals surface area contributed by atoms with E-state index < -0.39 is 5.82 Å². The minimum absolute atomic E-state index is 0.0452. The molecule has 0 bridgehead atoms. The summed E-state index contributed by atoms with van der Waals surface area (Å²) in [5.41, 5.74) is 6.06. The molecule has 96 valence electrons. The van der Waals surface area contributed by atoms with Crippen LogP contribution in [0.3, 0.4) is 0 Å². The third kappa shape index (κ3) is 2.48. The molecule has 0 saturated carbocycles. The van der Waals surface area contributed by atoms with Crippen LogP contribution in [0, 0.1) is 5.82 Å². The maximum absolute atomic E-state index is 13.7. The number of hydrogen-bond donors (Lipinski definition) is 1. The van der Waals surface area contributed by atoms with E-state index in [0.717, 1.165) is 11.8 Å². The summed E-state index contributed by atoms with van der Waals surface area (Å²) in [6, 6.07) is 4.32. The van der Waals surface area contributed by atoms with Crippen LogP contribution >= 0.6 is 11.8 Å². The van der Waals surface area contributed by atoms with Crippen molar-refractivity contribution in [3.05, 3.63) is 24.0 Å². The maximum Gasteiger partial charge on any atom is 0.228 e. The predicted molar refractivity (Wildman–Crippen MR) is 69.8 cm³/mol. The van der Waals surface area contributed by atoms with Crippen LogP contribution in [0.5, 0.6) is 0 Å². The molecule has 0 aliphatic carbocycles. The summed E-state index contributed by atoms with van der Waals surface area (Å²) in [7, 11) is 0. The number of para-hydroxylation sites is 1. The molecule has 1 aliphatic rings. The molecule has 1 aromatic rings. The summed E-state index contributed by atoms with van der Waals surface area (Å²) in [6.45, 7) is 1.77. The van der Waals surface area contributed by atoms with Gasteiger partial charge in [-0.3, -0.25) is 9.59 Å². The van der Waals surface area contributed by atoms with Gasteiger partial charge >= 0.3 is 0 Å². The SMILES string of the molecule is CC(=O)SC1CC(=O)N(c2c(N)cccc2F)C1. The molecule has 18 heavy (non-hydrogen) atoms. The largest absolute Gasteiger partial charge is 0.397 e. The quantitative estimate of drug-likeness (QED) is 0.831. The number of hydrogen-bond acceptors (Lipinski definition) is 4. The summed E-state index contributed by atoms with van der Waals surface area (Å²) < 4.78 is 13.7. The summed E-state index contributed by atoms with van der Waals surface area (Å²) >= 11 is 1.11. The smallest absolute Gasteiger partial charge is 0.228 e. The zero-order valence-corrected chi connectivity index (χ0v) is 10.7. The lowest BCUT2D eigenvalue weighted by Crippen LogP contribution is -2.27. The summed E-state index contributed by atoms with van der Waals surface area (Å²) in [6.07, 6.45) is 0.234. The molecule has 1 unspecified atom stereocenters. The van der Waals surface area contributed by atoms with E-state index in [-0.39, 0.29) is 34.1 Å². The standard InChI is InChI=1S/C12H13FN2O2S/c1-7(16)18-8-5-11(17)15(6-8)12-9(13)3-2-4-10(12)14/h2-4,8H,5-6,14H2,1H3. The van der Waals surface area contributed by atoms with Crippen molar-refractivity contribution < 1.29 is 14.0 Å². The molecule has 1 atom stereocenters. The lowest BCUT2D eigenvalue weighted by molar-refractivity contribution is -0.117. The number of thioether (sulfide) groups is 1. The highest BCUT2D eigenvalue weighted by atomic mass is 32.2. The molecule has 4 nitrogen and oxygen atoms in total. The Hall–Kier alpha value is -1.56. The van der Waals surface area contributed by atoms with E-state index in [2.05, 4.69) is 0 Å². The second-order valence-corrected chi connectivity index (χ2v) is 5.59. The van der Waals surface area contributed by atoms with Crippen LogP contribution in [0.2, 0.25) is 0 Å². The molecular formula is C12H13FN2O2S. The molecule has 1 amide bonds. The van der Waals surface area contributed by atoms with Gasteiger partial charge in [0.2, 0.25) is 5.91 Å². The van der Waals surface area contributed by atoms with Gasteiger partial charge in [0.15, 0.2) is 5.12 Å². The van der Waals surface area contributed by atoms with E-state index in [0.29, 0.717) is 6.54 Å². The molecule has 2 rings (SSSR count). The van der Waals surface area contributed by atoms with Gasteiger partial charge in [-0.1, -0.05) is 17.8 Å². The van der Waals surface area contributed by atoms with E-state index >= 15 is 0 Å². The number of nitrogens with zero attached hydrogens (tertiary/aromatic N) is 1. The van der Waals surface area contributed by atoms with E-state index in [4.69, 9.17) is 5.73 Å². The van der Waals surface area contributed by atoms with Gasteiger partial charge < -0.3 is 10.6 Å². The number of amides is 1. The second-order valence-electron chi connectivity index (χ2n) is 4.12. The minimum atomic E-state index is -0.517. The number of carbonyl (C=O) groups excluding carboxylic acids is 2. The molecule has 1 heterocycles. The van der Waals surface area contributed by atoms with E-state index in [1.807, 2.05) is 0 Å². The van der Waals surface area contributed by atoms with Crippen LogP contribution in [0.1, 0.15) is 13.3 Å². The maximum atomic E-state index is 13.7. The fraction of sp³-hybridized carbons (Fsp3) is 0.333. The highest BCUT2D eigenvalue weighted by Gasteiger charge is 2.34. The molecule has 0 aromatic heterocycles. The van der Waals surface area contributed by atoms with Gasteiger partial charge in [-0.15, -0.1) is 0 Å². The third-order valence-electron chi connectivity index (χ3n) is 2.71. The van der Waals surface area contributed by atoms with Crippen molar-refractivity contribution in [2.24, 2.45) is 0 Å². The minimum Gasteiger partial charge on any atom is -0.397 e. The number of nitrogens with two attached hydrogens (primary N) is 1. The molecule has 1 aromatic carbocycles. The Morgan fingerprint density at radius 2 is 2.28 bits per heavy atom. The Morgan fingerprint density at radius 3 is 2.89 bits per heavy atom. The van der Waals surface area contributed by atoms with Crippen molar-refractivity contribution in [2.45, 2.75) is 18.6 Å². The highest BCUT2D eigenvalue weighted by Crippen LogP contribution is 2.33. The van der Waals surface area contributed by atoms with Gasteiger partial charge in [-0.05, 0) is 12.1 Å². The molecule has 1 fully saturated rings. The summed E-state index contributed by atoms with van der Waals surface area (Å²) in [4.78, 5) is 24.2. The first-order chi connectivity index (χ1) is 8.49. The Labute approximate surface area is 108 Å². The van der Waals surface area contributed by atoms with Crippen molar-refractivity contribution >= 4 is 34.2 Å². The van der Waals surface area contributed by atoms with Crippen LogP contribution < -0.4 is 10.6 Å². The zero-order chi connectivity index (χ0) is 13.3. The van der Waals surface area contributed by atoms with Crippen molar-refractivity contribution in [3.8, 4) is 0 Å². The lowest BCUT2D eigenvalue weighted by Gasteiger charge is -2.19. The monoisotopic (exact) mass is 268 g/mol. The fourth-order valence-electron chi connectivity index (χ4n) is 2.02. The van der Waals surface area contributed by atoms with Crippen LogP contribution in [0.4, 0.5) is 15.8 Å². The molecule has 0 spiro atoms. The third-order valence-corrected chi connectivity index (χ3v) is 3.69. The van der Waals surface area contributed by atoms with Crippen LogP contribution in [-0.4, -0.2) is 22.8 Å². The van der Waals surface area contributed by atoms with Crippen molar-refractivity contribution in [1.82, 2.24) is 0 Å². The summed E-state index contributed by atoms with van der Waals surface area (Å²) in [5.74, 6) is -0.720. The number of benzene rings is 1. The molecule has 6 heteroatoms. The van der Waals surface area contributed by atoms with Crippen molar-refractivity contribution in [1.29, 1.82) is 0 Å². The van der Waals surface area contributed by atoms with Crippen molar-refractivity contribution in [2.75, 3.05) is 17.2 Å². The van der Waals surface area contributed by atoms with Gasteiger partial charge in [0.05, 0.1) is 5.69 Å². The molecular weight excluding hydrogens is 255 g/mol. The lowest BCUT2D eigenvalue weighted by atomic mass is 10.2. The van der Waals surface area contributed by atoms with Gasteiger partial charge in [-0.2, -0.15) is 0 Å². The molecule has 1 aliphatic heterocycles. The number of nitrogen functional groups attached to an aromatic ring is 1. The Balaban J connectivity index is 2.24. The molecule has 2 N–H and O–H groups in total. The number of anilines is 2. The first-order valence-corrected chi connectivity index (χ1v) is 6.38. The topological polar surface area (TPSA) is 63.4 Å². The second kappa shape index (κ2) is 4.97. The fourth-order valence-corrected chi connectivity index (χ4v) is 2.94. The average molecular weight is 268 g/mol. The van der Waals surface area contributed by atoms with Gasteiger partial charge in [0.1, 0.15) is 11.5 Å². The first kappa shape index (κ1) is 12.9. The Morgan fingerprint density at radius 1 is 1.56 bits per heavy atom. The normalized spacial score (nSPS) is 19.3. The van der Waals surface area contributed by atoms with Crippen molar-refractivity contribution in [3.63, 3.8) is 0 Å². The Kier molecular flexibility index (Phi) is 3.56. The van der Waals surface area contributed by atoms with E-state index in [1.54, 1.807) is 6.07 Å². The predicted octanol–water partition coefficient (Wildman–Crippen LogP) is 1.79. The molecule has 1 saturated heterocycles. The highest BCUT2D eigenvalue weighted by molar-refractivity contribution is 8.14. The van der Waals surface area contributed by atoms with Crippen LogP contribution in [0.15, 0.2) is 18.2 Å². The summed E-state index contributed by atoms with van der Waals surface area (Å²) in [5, 5.41) is -0.176. The number of halogens is 1. The van der Waals surface area contributed by atoms with E-state index in [1.165, 1.54) is 24.0 Å². The van der Waals surface area contributed by atoms with Gasteiger partial charge in [-0.25, -0.2) is 4.39 Å². The average Bonchev–Trinajstić information content (AvgIpc) is 2.58. The zero-order valence-electron chi connectivity index (χ0n) is 9.85. The molecule has 0 radical (unpaired) electrons. The van der Waals surface area contributed by atoms with Crippen LogP contribution in [0.25, 0.3) is 0 Å². The van der Waals surface area contributed by atoms with Gasteiger partial charge in [0.25, 0.3) is 0 Å². The number of rotatable bonds is 2. The van der Waals surface area contributed by atoms with E-state index in [9.17, 15) is 14.0 Å². The van der Waals surface area contributed by atoms with Gasteiger partial charge in [0, 0.05) is 25.1 Å². The van der Waals surface area contributed by atoms with Crippen LogP contribution in [-0.2, 0) is 9.59 Å². The number of carbonyl (C=O) groups is 2.